The molecule has 2 fully saturated rings. The van der Waals surface area contributed by atoms with Crippen molar-refractivity contribution in [2.24, 2.45) is 0 Å². The molecule has 5 nitrogen and oxygen atoms in total. The molecular weight excluding hydrogens is 376 g/mol. The van der Waals surface area contributed by atoms with Gasteiger partial charge in [0.2, 0.25) is 0 Å². The van der Waals surface area contributed by atoms with Crippen molar-refractivity contribution < 1.29 is 14.4 Å². The van der Waals surface area contributed by atoms with Crippen LogP contribution in [-0.4, -0.2) is 34.2 Å². The Kier molecular flexibility index (Phi) is 4.51. The first-order valence-electron chi connectivity index (χ1n) is 10.6. The van der Waals surface area contributed by atoms with Gasteiger partial charge in [-0.3, -0.25) is 9.69 Å². The first-order chi connectivity index (χ1) is 14.5. The summed E-state index contributed by atoms with van der Waals surface area (Å²) in [6.45, 7) is 2.85. The van der Waals surface area contributed by atoms with Gasteiger partial charge in [0.05, 0.1) is 11.1 Å². The number of hydrogen-bond acceptors (Lipinski definition) is 4. The first kappa shape index (κ1) is 19.1. The molecule has 1 heterocycles. The molecule has 154 valence electrons. The van der Waals surface area contributed by atoms with Gasteiger partial charge in [-0.15, -0.1) is 0 Å². The number of carboxylic acids is 1. The Morgan fingerprint density at radius 3 is 2.17 bits per heavy atom. The molecule has 1 N–H and O–H groups in total. The molecule has 0 saturated heterocycles. The molecule has 2 aromatic carbocycles. The fraction of sp³-hybridized carbons (Fsp3) is 0.360. The summed E-state index contributed by atoms with van der Waals surface area (Å²) in [6, 6.07) is 16.9. The normalized spacial score (nSPS) is 17.3. The topological polar surface area (TPSA) is 66.6 Å². The fourth-order valence-corrected chi connectivity index (χ4v) is 4.24. The summed E-state index contributed by atoms with van der Waals surface area (Å²) in [5, 5.41) is 13.7. The molecular formula is C25H26N2O3. The molecule has 2 aliphatic rings. The van der Waals surface area contributed by atoms with E-state index in [-0.39, 0.29) is 0 Å². The molecule has 0 unspecified atom stereocenters. The molecule has 0 atom stereocenters. The van der Waals surface area contributed by atoms with Crippen molar-refractivity contribution in [1.29, 1.82) is 0 Å². The first-order valence-corrected chi connectivity index (χ1v) is 10.6. The van der Waals surface area contributed by atoms with Crippen molar-refractivity contribution in [1.82, 2.24) is 10.1 Å². The minimum Gasteiger partial charge on any atom is -0.481 e. The molecule has 0 radical (unpaired) electrons. The van der Waals surface area contributed by atoms with Crippen LogP contribution in [0.1, 0.15) is 42.5 Å². The van der Waals surface area contributed by atoms with E-state index in [1.165, 1.54) is 12.8 Å². The summed E-state index contributed by atoms with van der Waals surface area (Å²) in [5.74, 6) is 0.129. The van der Waals surface area contributed by atoms with Crippen LogP contribution in [0.2, 0.25) is 0 Å². The highest BCUT2D eigenvalue weighted by Gasteiger charge is 2.51. The Labute approximate surface area is 176 Å². The van der Waals surface area contributed by atoms with E-state index in [2.05, 4.69) is 41.4 Å². The standard InChI is InChI=1S/C25H26N2O3/c1-16-22(15-27(2)21-11-12-21)23(30-26-16)19-5-3-17(4-6-19)18-7-9-20(10-8-18)25(13-14-25)24(28)29/h3-10,21H,11-15H2,1-2H3,(H,28,29). The zero-order chi connectivity index (χ0) is 20.9. The number of carboxylic acid groups (broad SMARTS) is 1. The molecule has 1 aromatic heterocycles. The number of rotatable bonds is 7. The maximum atomic E-state index is 11.5. The van der Waals surface area contributed by atoms with Crippen molar-refractivity contribution >= 4 is 5.97 Å². The lowest BCUT2D eigenvalue weighted by molar-refractivity contribution is -0.140. The van der Waals surface area contributed by atoms with Gasteiger partial charge in [0.15, 0.2) is 5.76 Å². The monoisotopic (exact) mass is 402 g/mol. The molecule has 0 spiro atoms. The van der Waals surface area contributed by atoms with E-state index in [1.807, 2.05) is 31.2 Å². The zero-order valence-corrected chi connectivity index (χ0v) is 17.4. The number of aromatic nitrogens is 1. The highest BCUT2D eigenvalue weighted by molar-refractivity contribution is 5.85. The van der Waals surface area contributed by atoms with E-state index in [9.17, 15) is 9.90 Å². The number of benzene rings is 2. The van der Waals surface area contributed by atoms with Crippen molar-refractivity contribution in [3.8, 4) is 22.5 Å². The average molecular weight is 402 g/mol. The molecule has 30 heavy (non-hydrogen) atoms. The van der Waals surface area contributed by atoms with E-state index in [0.29, 0.717) is 6.04 Å². The van der Waals surface area contributed by atoms with Gasteiger partial charge in [-0.25, -0.2) is 0 Å². The summed E-state index contributed by atoms with van der Waals surface area (Å²) in [7, 11) is 2.16. The summed E-state index contributed by atoms with van der Waals surface area (Å²) < 4.78 is 5.68. The molecule has 2 aliphatic carbocycles. The van der Waals surface area contributed by atoms with Crippen LogP contribution >= 0.6 is 0 Å². The maximum Gasteiger partial charge on any atom is 0.314 e. The van der Waals surface area contributed by atoms with Crippen LogP contribution in [0, 0.1) is 6.92 Å². The highest BCUT2D eigenvalue weighted by atomic mass is 16.5. The number of carbonyl (C=O) groups is 1. The lowest BCUT2D eigenvalue weighted by Gasteiger charge is -2.15. The highest BCUT2D eigenvalue weighted by Crippen LogP contribution is 2.48. The van der Waals surface area contributed by atoms with Gasteiger partial charge < -0.3 is 9.63 Å². The van der Waals surface area contributed by atoms with Gasteiger partial charge >= 0.3 is 5.97 Å². The maximum absolute atomic E-state index is 11.5. The smallest absolute Gasteiger partial charge is 0.314 e. The summed E-state index contributed by atoms with van der Waals surface area (Å²) in [5.41, 5.74) is 5.55. The third-order valence-corrected chi connectivity index (χ3v) is 6.64. The van der Waals surface area contributed by atoms with Crippen LogP contribution in [0.3, 0.4) is 0 Å². The van der Waals surface area contributed by atoms with E-state index >= 15 is 0 Å². The Bertz CT molecular complexity index is 1070. The fourth-order valence-electron chi connectivity index (χ4n) is 4.24. The van der Waals surface area contributed by atoms with Gasteiger partial charge in [-0.05, 0) is 56.3 Å². The molecule has 5 heteroatoms. The van der Waals surface area contributed by atoms with Crippen molar-refractivity contribution in [3.63, 3.8) is 0 Å². The van der Waals surface area contributed by atoms with Crippen molar-refractivity contribution in [2.45, 2.75) is 50.6 Å². The van der Waals surface area contributed by atoms with Crippen LogP contribution in [0.5, 0.6) is 0 Å². The summed E-state index contributed by atoms with van der Waals surface area (Å²) >= 11 is 0. The van der Waals surface area contributed by atoms with Gasteiger partial charge in [-0.2, -0.15) is 0 Å². The molecule has 5 rings (SSSR count). The minimum absolute atomic E-state index is 0.656. The SMILES string of the molecule is Cc1noc(-c2ccc(-c3ccc(C4(C(=O)O)CC4)cc3)cc2)c1CN(C)C1CC1. The average Bonchev–Trinajstić information content (AvgIpc) is 3.67. The number of aliphatic carboxylic acids is 1. The van der Waals surface area contributed by atoms with Crippen LogP contribution in [0.25, 0.3) is 22.5 Å². The molecule has 3 aromatic rings. The van der Waals surface area contributed by atoms with Gasteiger partial charge in [0, 0.05) is 23.7 Å². The molecule has 0 amide bonds. The van der Waals surface area contributed by atoms with E-state index in [4.69, 9.17) is 4.52 Å². The summed E-state index contributed by atoms with van der Waals surface area (Å²) in [4.78, 5) is 13.9. The van der Waals surface area contributed by atoms with Gasteiger partial charge in [0.25, 0.3) is 0 Å². The van der Waals surface area contributed by atoms with Crippen LogP contribution < -0.4 is 0 Å². The van der Waals surface area contributed by atoms with Crippen molar-refractivity contribution in [2.75, 3.05) is 7.05 Å². The van der Waals surface area contributed by atoms with E-state index < -0.39 is 11.4 Å². The third kappa shape index (κ3) is 3.33. The number of nitrogens with zero attached hydrogens (tertiary/aromatic N) is 2. The zero-order valence-electron chi connectivity index (χ0n) is 17.4. The van der Waals surface area contributed by atoms with E-state index in [0.717, 1.165) is 58.7 Å². The largest absolute Gasteiger partial charge is 0.481 e. The second-order valence-electron chi connectivity index (χ2n) is 8.76. The van der Waals surface area contributed by atoms with E-state index in [1.54, 1.807) is 0 Å². The van der Waals surface area contributed by atoms with Gasteiger partial charge in [0.1, 0.15) is 0 Å². The Balaban J connectivity index is 1.37. The predicted molar refractivity (Wildman–Crippen MR) is 115 cm³/mol. The molecule has 0 aliphatic heterocycles. The lowest BCUT2D eigenvalue weighted by Crippen LogP contribution is -2.20. The number of hydrogen-bond donors (Lipinski definition) is 1. The van der Waals surface area contributed by atoms with Crippen molar-refractivity contribution in [3.05, 3.63) is 65.4 Å². The van der Waals surface area contributed by atoms with Crippen LogP contribution in [0.15, 0.2) is 53.1 Å². The quantitative estimate of drug-likeness (QED) is 0.601. The van der Waals surface area contributed by atoms with Crippen LogP contribution in [-0.2, 0) is 16.8 Å². The van der Waals surface area contributed by atoms with Gasteiger partial charge in [-0.1, -0.05) is 53.7 Å². The lowest BCUT2D eigenvalue weighted by atomic mass is 9.93. The summed E-state index contributed by atoms with van der Waals surface area (Å²) in [6.07, 6.45) is 4.00. The Hall–Kier alpha value is -2.92. The Morgan fingerprint density at radius 1 is 1.07 bits per heavy atom. The minimum atomic E-state index is -0.718. The Morgan fingerprint density at radius 2 is 1.63 bits per heavy atom. The third-order valence-electron chi connectivity index (χ3n) is 6.64. The number of aryl methyl sites for hydroxylation is 1. The predicted octanol–water partition coefficient (Wildman–Crippen LogP) is 5.03. The van der Waals surface area contributed by atoms with Crippen LogP contribution in [0.4, 0.5) is 0 Å². The second-order valence-corrected chi connectivity index (χ2v) is 8.76. The molecule has 2 saturated carbocycles. The second kappa shape index (κ2) is 7.10. The molecule has 0 bridgehead atoms.